The van der Waals surface area contributed by atoms with Gasteiger partial charge in [0.25, 0.3) is 0 Å². The number of hydrogen-bond donors (Lipinski definition) is 0. The third kappa shape index (κ3) is 2.00. The molecule has 0 aromatic carbocycles. The van der Waals surface area contributed by atoms with E-state index >= 15 is 0 Å². The fraction of sp³-hybridized carbons (Fsp3) is 0.500. The number of rotatable bonds is 2. The van der Waals surface area contributed by atoms with Gasteiger partial charge in [-0.2, -0.15) is 0 Å². The first-order valence-corrected chi connectivity index (χ1v) is 5.45. The molecule has 1 atom stereocenters. The summed E-state index contributed by atoms with van der Waals surface area (Å²) < 4.78 is 11.8. The van der Waals surface area contributed by atoms with Crippen LogP contribution in [-0.4, -0.2) is 29.5 Å². The van der Waals surface area contributed by atoms with Gasteiger partial charge in [-0.25, -0.2) is 4.98 Å². The van der Waals surface area contributed by atoms with Crippen LogP contribution in [-0.2, 0) is 10.8 Å². The van der Waals surface area contributed by atoms with E-state index in [2.05, 4.69) is 4.98 Å². The van der Waals surface area contributed by atoms with Gasteiger partial charge in [0.2, 0.25) is 0 Å². The molecular weight excluding hydrogens is 180 g/mol. The second-order valence-corrected chi connectivity index (χ2v) is 4.93. The van der Waals surface area contributed by atoms with Crippen molar-refractivity contribution < 1.29 is 4.21 Å². The van der Waals surface area contributed by atoms with Crippen molar-refractivity contribution in [2.45, 2.75) is 4.21 Å². The van der Waals surface area contributed by atoms with Gasteiger partial charge in [0.15, 0.2) is 5.13 Å². The molecule has 11 heavy (non-hydrogen) atoms. The van der Waals surface area contributed by atoms with Gasteiger partial charge in [-0.3, -0.25) is 4.21 Å². The molecule has 0 aliphatic heterocycles. The van der Waals surface area contributed by atoms with Gasteiger partial charge in [-0.1, -0.05) is 11.3 Å². The molecule has 0 aliphatic carbocycles. The van der Waals surface area contributed by atoms with E-state index in [1.54, 1.807) is 12.5 Å². The highest BCUT2D eigenvalue weighted by Gasteiger charge is 2.05. The molecule has 0 aliphatic rings. The molecule has 1 unspecified atom stereocenters. The largest absolute Gasteiger partial charge is 0.354 e. The molecule has 0 N–H and O–H groups in total. The fourth-order valence-electron chi connectivity index (χ4n) is 0.590. The maximum atomic E-state index is 10.9. The summed E-state index contributed by atoms with van der Waals surface area (Å²) in [5, 5.41) is 0.898. The van der Waals surface area contributed by atoms with E-state index in [0.717, 1.165) is 9.34 Å². The third-order valence-corrected chi connectivity index (χ3v) is 3.72. The molecule has 1 rings (SSSR count). The summed E-state index contributed by atoms with van der Waals surface area (Å²) in [5.41, 5.74) is 0. The molecule has 0 saturated carbocycles. The molecule has 62 valence electrons. The van der Waals surface area contributed by atoms with Crippen molar-refractivity contribution in [1.29, 1.82) is 0 Å². The number of thiazole rings is 1. The second kappa shape index (κ2) is 3.32. The van der Waals surface area contributed by atoms with E-state index in [1.165, 1.54) is 11.3 Å². The van der Waals surface area contributed by atoms with Crippen LogP contribution >= 0.6 is 11.3 Å². The Bertz CT molecular complexity index is 269. The van der Waals surface area contributed by atoms with Crippen LogP contribution in [0.3, 0.4) is 0 Å². The molecule has 5 heteroatoms. The van der Waals surface area contributed by atoms with E-state index in [0.29, 0.717) is 0 Å². The zero-order chi connectivity index (χ0) is 8.43. The Balaban J connectivity index is 2.90. The molecule has 0 fully saturated rings. The predicted molar refractivity (Wildman–Crippen MR) is 48.8 cm³/mol. The summed E-state index contributed by atoms with van der Waals surface area (Å²) >= 11 is 1.46. The van der Waals surface area contributed by atoms with Crippen LogP contribution in [0.5, 0.6) is 0 Å². The molecule has 0 spiro atoms. The normalized spacial score (nSPS) is 13.0. The Morgan fingerprint density at radius 1 is 1.64 bits per heavy atom. The zero-order valence-corrected chi connectivity index (χ0v) is 8.33. The van der Waals surface area contributed by atoms with Crippen LogP contribution in [0.25, 0.3) is 0 Å². The van der Waals surface area contributed by atoms with Crippen LogP contribution in [0.2, 0.25) is 0 Å². The van der Waals surface area contributed by atoms with Gasteiger partial charge < -0.3 is 4.90 Å². The van der Waals surface area contributed by atoms with E-state index < -0.39 is 10.8 Å². The van der Waals surface area contributed by atoms with Gasteiger partial charge >= 0.3 is 0 Å². The van der Waals surface area contributed by atoms with Crippen molar-refractivity contribution in [1.82, 2.24) is 4.98 Å². The number of aromatic nitrogens is 1. The minimum atomic E-state index is -0.895. The molecule has 0 radical (unpaired) electrons. The van der Waals surface area contributed by atoms with E-state index in [4.69, 9.17) is 0 Å². The first-order valence-electron chi connectivity index (χ1n) is 3.08. The Morgan fingerprint density at radius 3 is 2.55 bits per heavy atom. The second-order valence-electron chi connectivity index (χ2n) is 2.31. The highest BCUT2D eigenvalue weighted by Crippen LogP contribution is 2.22. The van der Waals surface area contributed by atoms with E-state index in [1.807, 2.05) is 19.0 Å². The quantitative estimate of drug-likeness (QED) is 0.696. The average molecular weight is 190 g/mol. The first-order chi connectivity index (χ1) is 5.11. The Kier molecular flexibility index (Phi) is 2.62. The van der Waals surface area contributed by atoms with Crippen LogP contribution < -0.4 is 4.90 Å². The Labute approximate surface area is 72.5 Å². The summed E-state index contributed by atoms with van der Waals surface area (Å²) in [6.07, 6.45) is 3.32. The smallest absolute Gasteiger partial charge is 0.185 e. The van der Waals surface area contributed by atoms with Crippen LogP contribution in [0, 0.1) is 0 Å². The Morgan fingerprint density at radius 2 is 2.27 bits per heavy atom. The van der Waals surface area contributed by atoms with Crippen molar-refractivity contribution in [3.63, 3.8) is 0 Å². The van der Waals surface area contributed by atoms with Gasteiger partial charge in [0.1, 0.15) is 4.21 Å². The van der Waals surface area contributed by atoms with Gasteiger partial charge in [-0.05, 0) is 0 Å². The topological polar surface area (TPSA) is 33.2 Å². The molecular formula is C6H10N2OS2. The van der Waals surface area contributed by atoms with Gasteiger partial charge in [-0.15, -0.1) is 0 Å². The predicted octanol–water partition coefficient (Wildman–Crippen LogP) is 0.947. The van der Waals surface area contributed by atoms with Crippen molar-refractivity contribution in [3.05, 3.63) is 6.20 Å². The lowest BCUT2D eigenvalue weighted by atomic mass is 10.9. The van der Waals surface area contributed by atoms with E-state index in [9.17, 15) is 4.21 Å². The van der Waals surface area contributed by atoms with Crippen molar-refractivity contribution in [2.24, 2.45) is 0 Å². The number of anilines is 1. The van der Waals surface area contributed by atoms with Gasteiger partial charge in [0.05, 0.1) is 17.0 Å². The summed E-state index contributed by atoms with van der Waals surface area (Å²) in [7, 11) is 2.94. The number of hydrogen-bond acceptors (Lipinski definition) is 4. The SMILES string of the molecule is CN(C)c1ncc(S(C)=O)s1. The lowest BCUT2D eigenvalue weighted by Crippen LogP contribution is -2.07. The standard InChI is InChI=1S/C6H10N2OS2/c1-8(2)6-7-4-5(10-6)11(3)9/h4H,1-3H3. The summed E-state index contributed by atoms with van der Waals surface area (Å²) in [4.78, 5) is 5.99. The fourth-order valence-corrected chi connectivity index (χ4v) is 2.06. The van der Waals surface area contributed by atoms with Crippen LogP contribution in [0.4, 0.5) is 5.13 Å². The highest BCUT2D eigenvalue weighted by atomic mass is 32.2. The summed E-state index contributed by atoms with van der Waals surface area (Å²) in [6.45, 7) is 0. The first kappa shape index (κ1) is 8.67. The van der Waals surface area contributed by atoms with E-state index in [-0.39, 0.29) is 0 Å². The van der Waals surface area contributed by atoms with Crippen molar-refractivity contribution in [2.75, 3.05) is 25.3 Å². The Hall–Kier alpha value is -0.420. The zero-order valence-electron chi connectivity index (χ0n) is 6.70. The molecule has 0 saturated heterocycles. The molecule has 0 bridgehead atoms. The molecule has 0 amide bonds. The maximum Gasteiger partial charge on any atom is 0.185 e. The van der Waals surface area contributed by atoms with Crippen molar-refractivity contribution in [3.8, 4) is 0 Å². The molecule has 3 nitrogen and oxygen atoms in total. The maximum absolute atomic E-state index is 10.9. The summed E-state index contributed by atoms with van der Waals surface area (Å²) in [6, 6.07) is 0. The average Bonchev–Trinajstić information content (AvgIpc) is 2.33. The third-order valence-electron chi connectivity index (χ3n) is 1.14. The molecule has 1 aromatic rings. The minimum Gasteiger partial charge on any atom is -0.354 e. The van der Waals surface area contributed by atoms with Crippen molar-refractivity contribution >= 4 is 27.3 Å². The highest BCUT2D eigenvalue weighted by molar-refractivity contribution is 7.86. The minimum absolute atomic E-state index is 0.828. The molecule has 1 heterocycles. The number of nitrogens with zero attached hydrogens (tertiary/aromatic N) is 2. The summed E-state index contributed by atoms with van der Waals surface area (Å²) in [5.74, 6) is 0. The van der Waals surface area contributed by atoms with Crippen LogP contribution in [0.15, 0.2) is 10.4 Å². The lowest BCUT2D eigenvalue weighted by Gasteiger charge is -2.04. The van der Waals surface area contributed by atoms with Gasteiger partial charge in [0, 0.05) is 20.4 Å². The lowest BCUT2D eigenvalue weighted by molar-refractivity contribution is 0.688. The monoisotopic (exact) mass is 190 g/mol. The van der Waals surface area contributed by atoms with Crippen LogP contribution in [0.1, 0.15) is 0 Å². The molecule has 1 aromatic heterocycles.